The van der Waals surface area contributed by atoms with Gasteiger partial charge in [-0.15, -0.1) is 0 Å². The number of alkyl halides is 1. The van der Waals surface area contributed by atoms with E-state index in [0.717, 1.165) is 6.42 Å². The van der Waals surface area contributed by atoms with Crippen LogP contribution in [0, 0.1) is 10.8 Å². The number of nitrogens with two attached hydrogens (primary N) is 1. The third kappa shape index (κ3) is 3.66. The van der Waals surface area contributed by atoms with Gasteiger partial charge in [0.15, 0.2) is 5.79 Å². The average molecular weight is 322 g/mol. The highest BCUT2D eigenvalue weighted by Gasteiger charge is 2.54. The summed E-state index contributed by atoms with van der Waals surface area (Å²) in [5.41, 5.74) is 6.82. The van der Waals surface area contributed by atoms with Crippen LogP contribution in [0.3, 0.4) is 0 Å². The van der Waals surface area contributed by atoms with Crippen LogP contribution in [0.2, 0.25) is 0 Å². The molecule has 4 nitrogen and oxygen atoms in total. The van der Waals surface area contributed by atoms with Gasteiger partial charge in [-0.2, -0.15) is 0 Å². The highest BCUT2D eigenvalue weighted by molar-refractivity contribution is 5.89. The van der Waals surface area contributed by atoms with Gasteiger partial charge in [-0.25, -0.2) is 9.18 Å². The topological polar surface area (TPSA) is 64.3 Å². The van der Waals surface area contributed by atoms with Crippen LogP contribution in [-0.2, 0) is 4.74 Å². The van der Waals surface area contributed by atoms with Crippen molar-refractivity contribution in [2.45, 2.75) is 52.4 Å². The first-order chi connectivity index (χ1) is 10.5. The summed E-state index contributed by atoms with van der Waals surface area (Å²) in [6, 6.07) is 5.96. The number of carbonyl (C=O) groups is 1. The zero-order chi connectivity index (χ0) is 17.5. The van der Waals surface area contributed by atoms with Crippen LogP contribution in [0.4, 0.5) is 10.1 Å². The molecule has 0 radical (unpaired) electrons. The van der Waals surface area contributed by atoms with Crippen LogP contribution in [0.1, 0.15) is 50.9 Å². The first kappa shape index (κ1) is 17.7. The molecule has 0 aromatic heterocycles. The van der Waals surface area contributed by atoms with Gasteiger partial charge in [0.2, 0.25) is 0 Å². The number of carbonyl (C=O) groups excluding carboxylic acids is 1. The number of hydrogen-bond acceptors (Lipinski definition) is 4. The summed E-state index contributed by atoms with van der Waals surface area (Å²) in [6.45, 7) is 8.15. The van der Waals surface area contributed by atoms with E-state index in [1.165, 1.54) is 7.11 Å². The van der Waals surface area contributed by atoms with E-state index in [1.807, 2.05) is 13.8 Å². The number of esters is 1. The summed E-state index contributed by atoms with van der Waals surface area (Å²) in [4.78, 5) is 11.5. The predicted molar refractivity (Wildman–Crippen MR) is 90.0 cm³/mol. The average Bonchev–Trinajstić information content (AvgIpc) is 2.43. The third-order valence-electron chi connectivity index (χ3n) is 4.66. The molecule has 0 heterocycles. The minimum atomic E-state index is -1.70. The van der Waals surface area contributed by atoms with Crippen molar-refractivity contribution < 1.29 is 13.9 Å². The molecule has 2 unspecified atom stereocenters. The van der Waals surface area contributed by atoms with Gasteiger partial charge >= 0.3 is 5.97 Å². The molecule has 1 saturated carbocycles. The molecule has 2 atom stereocenters. The molecule has 3 N–H and O–H groups in total. The van der Waals surface area contributed by atoms with Crippen LogP contribution in [0.15, 0.2) is 24.3 Å². The molecular weight excluding hydrogens is 295 g/mol. The van der Waals surface area contributed by atoms with Gasteiger partial charge in [0.1, 0.15) is 0 Å². The Bertz CT molecular complexity index is 583. The van der Waals surface area contributed by atoms with Crippen LogP contribution in [0.5, 0.6) is 0 Å². The van der Waals surface area contributed by atoms with Gasteiger partial charge in [0.25, 0.3) is 0 Å². The number of methoxy groups -OCH3 is 1. The predicted octanol–water partition coefficient (Wildman–Crippen LogP) is 3.72. The Morgan fingerprint density at radius 1 is 1.22 bits per heavy atom. The lowest BCUT2D eigenvalue weighted by Gasteiger charge is -2.52. The Labute approximate surface area is 137 Å². The van der Waals surface area contributed by atoms with Crippen molar-refractivity contribution >= 4 is 11.7 Å². The van der Waals surface area contributed by atoms with Crippen molar-refractivity contribution in [3.63, 3.8) is 0 Å². The molecule has 0 spiro atoms. The number of benzene rings is 1. The van der Waals surface area contributed by atoms with Crippen molar-refractivity contribution in [1.29, 1.82) is 0 Å². The molecule has 1 aliphatic carbocycles. The normalized spacial score (nSPS) is 28.9. The SMILES string of the molecule is COC(=O)c1ccc(NC2(F)CC(C)(C)CC(C)(C)C2N)cc1. The zero-order valence-corrected chi connectivity index (χ0v) is 14.6. The van der Waals surface area contributed by atoms with Gasteiger partial charge < -0.3 is 15.8 Å². The lowest BCUT2D eigenvalue weighted by atomic mass is 9.60. The highest BCUT2D eigenvalue weighted by atomic mass is 19.1. The molecule has 1 aromatic rings. The van der Waals surface area contributed by atoms with Crippen molar-refractivity contribution in [3.8, 4) is 0 Å². The smallest absolute Gasteiger partial charge is 0.337 e. The number of ether oxygens (including phenoxy) is 1. The van der Waals surface area contributed by atoms with Crippen LogP contribution in [-0.4, -0.2) is 24.9 Å². The van der Waals surface area contributed by atoms with Crippen LogP contribution in [0.25, 0.3) is 0 Å². The van der Waals surface area contributed by atoms with Gasteiger partial charge in [-0.1, -0.05) is 27.7 Å². The maximum Gasteiger partial charge on any atom is 0.337 e. The van der Waals surface area contributed by atoms with Gasteiger partial charge in [-0.3, -0.25) is 0 Å². The van der Waals surface area contributed by atoms with E-state index in [1.54, 1.807) is 24.3 Å². The summed E-state index contributed by atoms with van der Waals surface area (Å²) in [6.07, 6.45) is 1.21. The van der Waals surface area contributed by atoms with Crippen molar-refractivity contribution in [3.05, 3.63) is 29.8 Å². The first-order valence-electron chi connectivity index (χ1n) is 7.90. The molecule has 0 aliphatic heterocycles. The first-order valence-corrected chi connectivity index (χ1v) is 7.90. The van der Waals surface area contributed by atoms with E-state index in [2.05, 4.69) is 23.9 Å². The maximum absolute atomic E-state index is 15.6. The standard InChI is InChI=1S/C18H27FN2O2/c1-16(2)10-17(3,4)15(20)18(19,11-16)21-13-8-6-12(7-9-13)14(22)23-5/h6-9,15,21H,10-11,20H2,1-5H3. The quantitative estimate of drug-likeness (QED) is 0.657. The second-order valence-corrected chi connectivity index (χ2v) is 8.04. The molecule has 2 rings (SSSR count). The largest absolute Gasteiger partial charge is 0.465 e. The molecule has 0 saturated heterocycles. The highest BCUT2D eigenvalue weighted by Crippen LogP contribution is 2.51. The lowest BCUT2D eigenvalue weighted by molar-refractivity contribution is -0.0332. The molecule has 0 bridgehead atoms. The minimum Gasteiger partial charge on any atom is -0.465 e. The molecule has 5 heteroatoms. The van der Waals surface area contributed by atoms with E-state index in [-0.39, 0.29) is 10.8 Å². The molecule has 1 aromatic carbocycles. The van der Waals surface area contributed by atoms with Crippen LogP contribution < -0.4 is 11.1 Å². The monoisotopic (exact) mass is 322 g/mol. The number of rotatable bonds is 3. The second-order valence-electron chi connectivity index (χ2n) is 8.04. The number of nitrogens with one attached hydrogen (secondary N) is 1. The maximum atomic E-state index is 15.6. The molecule has 23 heavy (non-hydrogen) atoms. The number of hydrogen-bond donors (Lipinski definition) is 2. The Hall–Kier alpha value is -1.62. The van der Waals surface area contributed by atoms with E-state index in [4.69, 9.17) is 5.73 Å². The summed E-state index contributed by atoms with van der Waals surface area (Å²) in [7, 11) is 1.33. The Kier molecular flexibility index (Phi) is 4.46. The Morgan fingerprint density at radius 2 is 1.78 bits per heavy atom. The van der Waals surface area contributed by atoms with Gasteiger partial charge in [-0.05, 0) is 41.5 Å². The molecular formula is C18H27FN2O2. The summed E-state index contributed by atoms with van der Waals surface area (Å²) in [5, 5.41) is 2.96. The Morgan fingerprint density at radius 3 is 2.30 bits per heavy atom. The van der Waals surface area contributed by atoms with E-state index in [0.29, 0.717) is 17.7 Å². The van der Waals surface area contributed by atoms with Crippen molar-refractivity contribution in [2.75, 3.05) is 12.4 Å². The van der Waals surface area contributed by atoms with Gasteiger partial charge in [0, 0.05) is 12.1 Å². The van der Waals surface area contributed by atoms with Crippen molar-refractivity contribution in [1.82, 2.24) is 0 Å². The summed E-state index contributed by atoms with van der Waals surface area (Å²) < 4.78 is 20.3. The minimum absolute atomic E-state index is 0.146. The van der Waals surface area contributed by atoms with Gasteiger partial charge in [0.05, 0.1) is 18.7 Å². The summed E-state index contributed by atoms with van der Waals surface area (Å²) >= 11 is 0. The fraction of sp³-hybridized carbons (Fsp3) is 0.611. The van der Waals surface area contributed by atoms with E-state index < -0.39 is 17.8 Å². The van der Waals surface area contributed by atoms with E-state index >= 15 is 4.39 Å². The zero-order valence-electron chi connectivity index (χ0n) is 14.6. The molecule has 1 fully saturated rings. The fourth-order valence-electron chi connectivity index (χ4n) is 4.00. The van der Waals surface area contributed by atoms with Crippen molar-refractivity contribution in [2.24, 2.45) is 16.6 Å². The number of halogens is 1. The molecule has 1 aliphatic rings. The fourth-order valence-corrected chi connectivity index (χ4v) is 4.00. The molecule has 128 valence electrons. The third-order valence-corrected chi connectivity index (χ3v) is 4.66. The second kappa shape index (κ2) is 5.78. The summed E-state index contributed by atoms with van der Waals surface area (Å²) in [5.74, 6) is -2.11. The number of anilines is 1. The molecule has 0 amide bonds. The van der Waals surface area contributed by atoms with E-state index in [9.17, 15) is 4.79 Å². The lowest BCUT2D eigenvalue weighted by Crippen LogP contribution is -2.63. The Balaban J connectivity index is 2.24. The van der Waals surface area contributed by atoms with Crippen LogP contribution >= 0.6 is 0 Å².